The number of nitrogens with zero attached hydrogens (tertiary/aromatic N) is 7. The van der Waals surface area contributed by atoms with Gasteiger partial charge in [0.2, 0.25) is 0 Å². The zero-order valence-electron chi connectivity index (χ0n) is 18.1. The Morgan fingerprint density at radius 1 is 1.12 bits per heavy atom. The molecule has 1 aliphatic carbocycles. The predicted octanol–water partition coefficient (Wildman–Crippen LogP) is 3.61. The van der Waals surface area contributed by atoms with E-state index in [1.807, 2.05) is 39.1 Å². The van der Waals surface area contributed by atoms with Gasteiger partial charge >= 0.3 is 6.01 Å². The number of anilines is 1. The van der Waals surface area contributed by atoms with Crippen molar-refractivity contribution in [1.82, 2.24) is 34.7 Å². The van der Waals surface area contributed by atoms with Crippen LogP contribution in [0.15, 0.2) is 30.5 Å². The van der Waals surface area contributed by atoms with Gasteiger partial charge in [-0.15, -0.1) is 0 Å². The molecule has 1 aliphatic rings. The van der Waals surface area contributed by atoms with Gasteiger partial charge in [0.05, 0.1) is 24.2 Å². The highest BCUT2D eigenvalue weighted by Gasteiger charge is 2.40. The van der Waals surface area contributed by atoms with E-state index in [1.54, 1.807) is 10.9 Å². The molecule has 164 valence electrons. The summed E-state index contributed by atoms with van der Waals surface area (Å²) >= 11 is 6.32. The average molecular weight is 451 g/mol. The van der Waals surface area contributed by atoms with Crippen LogP contribution in [-0.2, 0) is 13.6 Å². The Balaban J connectivity index is 1.22. The minimum absolute atomic E-state index is 0.259. The molecule has 4 aromatic rings. The maximum Gasteiger partial charge on any atom is 0.319 e. The first-order chi connectivity index (χ1) is 15.5. The Bertz CT molecular complexity index is 1270. The average Bonchev–Trinajstić information content (AvgIpc) is 3.50. The lowest BCUT2D eigenvalue weighted by Crippen LogP contribution is -2.10. The summed E-state index contributed by atoms with van der Waals surface area (Å²) in [4.78, 5) is 22.3. The zero-order valence-corrected chi connectivity index (χ0v) is 18.8. The number of aryl methyl sites for hydroxylation is 2. The Kier molecular flexibility index (Phi) is 5.34. The SMILES string of the molecule is Cc1c(Cl)nc(OCC2CC2c2ccc3ncccc3n2)nc1NCc1nc(C)n(C)n1. The van der Waals surface area contributed by atoms with E-state index < -0.39 is 0 Å². The lowest BCUT2D eigenvalue weighted by molar-refractivity contribution is 0.274. The molecule has 1 fully saturated rings. The molecule has 1 N–H and O–H groups in total. The Hall–Kier alpha value is -3.33. The molecule has 2 atom stereocenters. The van der Waals surface area contributed by atoms with Crippen molar-refractivity contribution in [3.63, 3.8) is 0 Å². The van der Waals surface area contributed by atoms with Gasteiger partial charge in [0.15, 0.2) is 5.82 Å². The van der Waals surface area contributed by atoms with E-state index in [4.69, 9.17) is 21.3 Å². The smallest absolute Gasteiger partial charge is 0.319 e. The molecule has 4 heterocycles. The first kappa shape index (κ1) is 20.6. The summed E-state index contributed by atoms with van der Waals surface area (Å²) in [7, 11) is 1.86. The second-order valence-corrected chi connectivity index (χ2v) is 8.37. The van der Waals surface area contributed by atoms with Crippen LogP contribution in [0.25, 0.3) is 11.0 Å². The summed E-state index contributed by atoms with van der Waals surface area (Å²) in [5, 5.41) is 7.95. The molecular weight excluding hydrogens is 428 g/mol. The van der Waals surface area contributed by atoms with Gasteiger partial charge in [0, 0.05) is 36.3 Å². The highest BCUT2D eigenvalue weighted by molar-refractivity contribution is 6.30. The molecule has 5 rings (SSSR count). The fraction of sp³-hybridized carbons (Fsp3) is 0.364. The van der Waals surface area contributed by atoms with E-state index in [9.17, 15) is 0 Å². The molecule has 1 saturated carbocycles. The van der Waals surface area contributed by atoms with Gasteiger partial charge in [-0.2, -0.15) is 15.1 Å². The van der Waals surface area contributed by atoms with Gasteiger partial charge in [-0.25, -0.2) is 4.98 Å². The van der Waals surface area contributed by atoms with Gasteiger partial charge in [-0.1, -0.05) is 11.6 Å². The predicted molar refractivity (Wildman–Crippen MR) is 121 cm³/mol. The van der Waals surface area contributed by atoms with E-state index in [0.717, 1.165) is 34.5 Å². The zero-order chi connectivity index (χ0) is 22.2. The van der Waals surface area contributed by atoms with Gasteiger partial charge in [-0.3, -0.25) is 14.6 Å². The number of nitrogens with one attached hydrogen (secondary N) is 1. The summed E-state index contributed by atoms with van der Waals surface area (Å²) in [5.74, 6) is 2.88. The van der Waals surface area contributed by atoms with Gasteiger partial charge in [0.25, 0.3) is 0 Å². The van der Waals surface area contributed by atoms with Crippen molar-refractivity contribution in [1.29, 1.82) is 0 Å². The Morgan fingerprint density at radius 2 is 2.00 bits per heavy atom. The lowest BCUT2D eigenvalue weighted by atomic mass is 10.2. The van der Waals surface area contributed by atoms with Crippen molar-refractivity contribution in [3.8, 4) is 6.01 Å². The van der Waals surface area contributed by atoms with Crippen LogP contribution in [0.3, 0.4) is 0 Å². The normalized spacial score (nSPS) is 17.5. The minimum atomic E-state index is 0.259. The summed E-state index contributed by atoms with van der Waals surface area (Å²) in [5.41, 5.74) is 3.65. The first-order valence-corrected chi connectivity index (χ1v) is 10.8. The van der Waals surface area contributed by atoms with Crippen molar-refractivity contribution in [3.05, 3.63) is 58.5 Å². The van der Waals surface area contributed by atoms with Crippen molar-refractivity contribution in [2.24, 2.45) is 13.0 Å². The molecular formula is C22H23ClN8O. The molecule has 10 heteroatoms. The number of aromatic nitrogens is 7. The second kappa shape index (κ2) is 8.31. The van der Waals surface area contributed by atoms with Crippen molar-refractivity contribution >= 4 is 28.5 Å². The van der Waals surface area contributed by atoms with E-state index in [0.29, 0.717) is 41.8 Å². The van der Waals surface area contributed by atoms with Crippen LogP contribution in [0.4, 0.5) is 5.82 Å². The Morgan fingerprint density at radius 3 is 2.81 bits per heavy atom. The van der Waals surface area contributed by atoms with Crippen LogP contribution in [0.5, 0.6) is 6.01 Å². The number of halogens is 1. The maximum atomic E-state index is 6.32. The molecule has 0 aliphatic heterocycles. The van der Waals surface area contributed by atoms with E-state index in [-0.39, 0.29) is 6.01 Å². The maximum absolute atomic E-state index is 6.32. The fourth-order valence-corrected chi connectivity index (χ4v) is 3.79. The largest absolute Gasteiger partial charge is 0.463 e. The quantitative estimate of drug-likeness (QED) is 0.426. The Labute approximate surface area is 190 Å². The summed E-state index contributed by atoms with van der Waals surface area (Å²) in [6, 6.07) is 8.22. The fourth-order valence-electron chi connectivity index (χ4n) is 3.63. The van der Waals surface area contributed by atoms with Crippen molar-refractivity contribution < 1.29 is 4.74 Å². The van der Waals surface area contributed by atoms with Crippen molar-refractivity contribution in [2.75, 3.05) is 11.9 Å². The summed E-state index contributed by atoms with van der Waals surface area (Å²) in [6.45, 7) is 4.72. The molecule has 0 spiro atoms. The van der Waals surface area contributed by atoms with E-state index >= 15 is 0 Å². The topological polar surface area (TPSA) is 104 Å². The van der Waals surface area contributed by atoms with Crippen LogP contribution in [-0.4, -0.2) is 41.3 Å². The van der Waals surface area contributed by atoms with Gasteiger partial charge in [-0.05, 0) is 44.5 Å². The number of hydrogen-bond acceptors (Lipinski definition) is 8. The first-order valence-electron chi connectivity index (χ1n) is 10.5. The highest BCUT2D eigenvalue weighted by Crippen LogP contribution is 2.47. The van der Waals surface area contributed by atoms with E-state index in [2.05, 4.69) is 36.4 Å². The molecule has 4 aromatic heterocycles. The standard InChI is InChI=1S/C22H23ClN8O/c1-12-20(23)28-22(29-21(12)25-10-19-26-13(2)31(3)30-19)32-11-14-9-15(14)16-6-7-17-18(27-16)5-4-8-24-17/h4-8,14-15H,9-11H2,1-3H3,(H,25,28,29). The van der Waals surface area contributed by atoms with Crippen LogP contribution in [0, 0.1) is 19.8 Å². The molecule has 0 amide bonds. The molecule has 2 unspecified atom stereocenters. The number of pyridine rings is 2. The summed E-state index contributed by atoms with van der Waals surface area (Å²) < 4.78 is 7.63. The molecule has 32 heavy (non-hydrogen) atoms. The number of hydrogen-bond donors (Lipinski definition) is 1. The van der Waals surface area contributed by atoms with Crippen LogP contribution >= 0.6 is 11.6 Å². The van der Waals surface area contributed by atoms with Gasteiger partial charge in [0.1, 0.15) is 16.8 Å². The third kappa shape index (κ3) is 4.20. The summed E-state index contributed by atoms with van der Waals surface area (Å²) in [6.07, 6.45) is 2.80. The highest BCUT2D eigenvalue weighted by atomic mass is 35.5. The molecule has 0 saturated heterocycles. The van der Waals surface area contributed by atoms with Crippen LogP contribution in [0.2, 0.25) is 5.15 Å². The minimum Gasteiger partial charge on any atom is -0.463 e. The van der Waals surface area contributed by atoms with E-state index in [1.165, 1.54) is 0 Å². The molecule has 9 nitrogen and oxygen atoms in total. The number of rotatable bonds is 7. The molecule has 0 radical (unpaired) electrons. The van der Waals surface area contributed by atoms with Crippen LogP contribution < -0.4 is 10.1 Å². The molecule has 0 aromatic carbocycles. The third-order valence-electron chi connectivity index (χ3n) is 5.71. The molecule has 0 bridgehead atoms. The number of fused-ring (bicyclic) bond motifs is 1. The third-order valence-corrected chi connectivity index (χ3v) is 6.08. The second-order valence-electron chi connectivity index (χ2n) is 8.01. The van der Waals surface area contributed by atoms with Crippen LogP contribution in [0.1, 0.15) is 35.2 Å². The van der Waals surface area contributed by atoms with Crippen molar-refractivity contribution in [2.45, 2.75) is 32.7 Å². The lowest BCUT2D eigenvalue weighted by Gasteiger charge is -2.11. The number of ether oxygens (including phenoxy) is 1. The van der Waals surface area contributed by atoms with Gasteiger partial charge < -0.3 is 10.1 Å². The monoisotopic (exact) mass is 450 g/mol.